The molecule has 0 saturated carbocycles. The van der Waals surface area contributed by atoms with E-state index in [1.807, 2.05) is 10.8 Å². The third-order valence-electron chi connectivity index (χ3n) is 1.55. The van der Waals surface area contributed by atoms with E-state index >= 15 is 0 Å². The molecule has 0 radical (unpaired) electrons. The number of hydrogen-bond acceptors (Lipinski definition) is 1. The van der Waals surface area contributed by atoms with Crippen molar-refractivity contribution in [2.75, 3.05) is 0 Å². The summed E-state index contributed by atoms with van der Waals surface area (Å²) < 4.78 is 0. The molecule has 1 aliphatic heterocycles. The largest absolute Gasteiger partial charge is 0.0622 e. The smallest absolute Gasteiger partial charge is 0.0263 e. The molecule has 1 aromatic carbocycles. The van der Waals surface area contributed by atoms with E-state index in [4.69, 9.17) is 0 Å². The van der Waals surface area contributed by atoms with Crippen LogP contribution in [-0.4, -0.2) is 5.37 Å². The van der Waals surface area contributed by atoms with E-state index in [0.717, 1.165) is 0 Å². The highest BCUT2D eigenvalue weighted by Gasteiger charge is 2.06. The van der Waals surface area contributed by atoms with Crippen molar-refractivity contribution in [1.82, 2.24) is 0 Å². The molecule has 0 amide bonds. The molecular weight excluding hydrogens is 299 g/mol. The van der Waals surface area contributed by atoms with Crippen LogP contribution in [0.2, 0.25) is 0 Å². The third kappa shape index (κ3) is 1.95. The first-order valence-corrected chi connectivity index (χ1v) is 8.71. The van der Waals surface area contributed by atoms with Gasteiger partial charge in [-0.3, -0.25) is 0 Å². The van der Waals surface area contributed by atoms with Gasteiger partial charge in [-0.1, -0.05) is 47.8 Å². The molecule has 0 spiro atoms. The summed E-state index contributed by atoms with van der Waals surface area (Å²) in [4.78, 5) is 1.40. The summed E-state index contributed by atoms with van der Waals surface area (Å²) in [6.07, 6.45) is 2.22. The zero-order valence-electron chi connectivity index (χ0n) is 6.24. The van der Waals surface area contributed by atoms with Crippen LogP contribution in [0.25, 0.3) is 4.91 Å². The van der Waals surface area contributed by atoms with Crippen LogP contribution >= 0.6 is 38.7 Å². The van der Waals surface area contributed by atoms with Crippen molar-refractivity contribution in [3.05, 3.63) is 42.0 Å². The van der Waals surface area contributed by atoms with Gasteiger partial charge < -0.3 is 0 Å². The lowest BCUT2D eigenvalue weighted by atomic mass is 10.2. The first-order chi connectivity index (χ1) is 5.86. The van der Waals surface area contributed by atoms with Gasteiger partial charge in [0, 0.05) is 26.1 Å². The second kappa shape index (κ2) is 3.98. The van der Waals surface area contributed by atoms with Gasteiger partial charge in [0.25, 0.3) is 0 Å². The van der Waals surface area contributed by atoms with Crippen molar-refractivity contribution in [3.63, 3.8) is 0 Å². The maximum Gasteiger partial charge on any atom is 0.0263 e. The number of rotatable bonds is 1. The van der Waals surface area contributed by atoms with Crippen LogP contribution in [0.15, 0.2) is 36.4 Å². The molecule has 0 N–H and O–H groups in total. The Bertz CT molecular complexity index is 341. The molecule has 1 heterocycles. The van der Waals surface area contributed by atoms with Crippen LogP contribution in [0.3, 0.4) is 0 Å². The summed E-state index contributed by atoms with van der Waals surface area (Å²) in [6.45, 7) is 0.366. The summed E-state index contributed by atoms with van der Waals surface area (Å²) in [5.74, 6) is 0. The monoisotopic (exact) mass is 306 g/mol. The van der Waals surface area contributed by atoms with Crippen LogP contribution in [0.5, 0.6) is 0 Å². The van der Waals surface area contributed by atoms with Crippen molar-refractivity contribution < 1.29 is 0 Å². The minimum atomic E-state index is 0.366. The van der Waals surface area contributed by atoms with Gasteiger partial charge in [-0.2, -0.15) is 0 Å². The number of hydrogen-bond donors (Lipinski definition) is 0. The number of halogens is 1. The van der Waals surface area contributed by atoms with Crippen molar-refractivity contribution in [2.45, 2.75) is 0 Å². The Morgan fingerprint density at radius 1 is 1.17 bits per heavy atom. The Kier molecular flexibility index (Phi) is 2.93. The molecule has 1 unspecified atom stereocenters. The van der Waals surface area contributed by atoms with E-state index in [2.05, 4.69) is 63.0 Å². The fourth-order valence-electron chi connectivity index (χ4n) is 1.00. The quantitative estimate of drug-likeness (QED) is 0.427. The highest BCUT2D eigenvalue weighted by molar-refractivity contribution is 14.2. The fraction of sp³-hybridized carbons (Fsp3) is 0. The maximum absolute atomic E-state index is 2.46. The normalized spacial score (nSPS) is 21.8. The molecule has 0 saturated heterocycles. The minimum absolute atomic E-state index is 0.366. The Labute approximate surface area is 90.4 Å². The molecule has 0 fully saturated rings. The predicted molar refractivity (Wildman–Crippen MR) is 69.7 cm³/mol. The summed E-state index contributed by atoms with van der Waals surface area (Å²) in [6, 6.07) is 10.5. The fourth-order valence-corrected chi connectivity index (χ4v) is 5.40. The Hall–Kier alpha value is 0.260. The minimum Gasteiger partial charge on any atom is -0.0622 e. The molecule has 0 bridgehead atoms. The molecule has 0 aromatic heterocycles. The van der Waals surface area contributed by atoms with Crippen LogP contribution < -0.4 is 0 Å². The molecule has 0 aliphatic carbocycles. The first kappa shape index (κ1) is 8.84. The lowest BCUT2D eigenvalue weighted by molar-refractivity contribution is 1.66. The second-order valence-electron chi connectivity index (χ2n) is 2.36. The lowest BCUT2D eigenvalue weighted by Gasteiger charge is -2.00. The molecule has 62 valence electrons. The number of allylic oxidation sites excluding steroid dienone is 1. The Morgan fingerprint density at radius 2 is 1.92 bits per heavy atom. The second-order valence-corrected chi connectivity index (χ2v) is 9.96. The molecule has 0 nitrogen and oxygen atoms in total. The maximum atomic E-state index is 2.46. The van der Waals surface area contributed by atoms with E-state index in [-0.39, 0.29) is 0 Å². The molecule has 12 heavy (non-hydrogen) atoms. The summed E-state index contributed by atoms with van der Waals surface area (Å²) in [5, 5.41) is 2.26. The highest BCUT2D eigenvalue weighted by Crippen LogP contribution is 2.50. The van der Waals surface area contributed by atoms with Gasteiger partial charge in [0.05, 0.1) is 0 Å². The van der Waals surface area contributed by atoms with E-state index in [0.29, 0.717) is 6.69 Å². The lowest BCUT2D eigenvalue weighted by Crippen LogP contribution is -1.73. The molecule has 2 rings (SSSR count). The van der Waals surface area contributed by atoms with E-state index < -0.39 is 0 Å². The first-order valence-electron chi connectivity index (χ1n) is 3.54. The number of benzene rings is 1. The molecule has 1 aromatic rings. The van der Waals surface area contributed by atoms with Gasteiger partial charge in [-0.25, -0.2) is 0 Å². The Balaban J connectivity index is 2.25. The van der Waals surface area contributed by atoms with Crippen LogP contribution in [0.1, 0.15) is 5.56 Å². The summed E-state index contributed by atoms with van der Waals surface area (Å²) >= 11 is 2.46. The standard InChI is InChI=1S/C9H7IS2/c10-12-7-6-9(11-12)8-4-2-1-3-5-8/h1-7H. The molecule has 1 atom stereocenters. The predicted octanol–water partition coefficient (Wildman–Crippen LogP) is 4.11. The zero-order chi connectivity index (χ0) is 8.39. The van der Waals surface area contributed by atoms with Gasteiger partial charge in [0.1, 0.15) is 0 Å². The van der Waals surface area contributed by atoms with Crippen molar-refractivity contribution >= 4 is 49.0 Å². The highest BCUT2D eigenvalue weighted by atomic mass is 127. The summed E-state index contributed by atoms with van der Waals surface area (Å²) in [7, 11) is 1.94. The van der Waals surface area contributed by atoms with Crippen LogP contribution in [0.4, 0.5) is 0 Å². The van der Waals surface area contributed by atoms with E-state index in [1.165, 1.54) is 10.5 Å². The zero-order valence-corrected chi connectivity index (χ0v) is 10.0. The summed E-state index contributed by atoms with van der Waals surface area (Å²) in [5.41, 5.74) is 1.34. The SMILES string of the molecule is IS1=CC=C(c2ccccc2)S1. The van der Waals surface area contributed by atoms with Gasteiger partial charge in [0.2, 0.25) is 0 Å². The average molecular weight is 306 g/mol. The van der Waals surface area contributed by atoms with E-state index in [9.17, 15) is 0 Å². The van der Waals surface area contributed by atoms with Crippen molar-refractivity contribution in [3.8, 4) is 0 Å². The average Bonchev–Trinajstić information content (AvgIpc) is 2.54. The Morgan fingerprint density at radius 3 is 2.50 bits per heavy atom. The van der Waals surface area contributed by atoms with Crippen molar-refractivity contribution in [1.29, 1.82) is 0 Å². The molecule has 3 heteroatoms. The molecular formula is C9H7IS2. The third-order valence-corrected chi connectivity index (χ3v) is 6.46. The van der Waals surface area contributed by atoms with Gasteiger partial charge in [-0.15, -0.1) is 0 Å². The van der Waals surface area contributed by atoms with Gasteiger partial charge in [-0.05, 0) is 17.0 Å². The van der Waals surface area contributed by atoms with Gasteiger partial charge in [0.15, 0.2) is 0 Å². The van der Waals surface area contributed by atoms with E-state index in [1.54, 1.807) is 0 Å². The molecule has 1 aliphatic rings. The topological polar surface area (TPSA) is 0 Å². The van der Waals surface area contributed by atoms with Crippen molar-refractivity contribution in [2.24, 2.45) is 0 Å². The van der Waals surface area contributed by atoms with Crippen LogP contribution in [-0.2, 0) is 0 Å². The van der Waals surface area contributed by atoms with Crippen LogP contribution in [0, 0.1) is 0 Å². The van der Waals surface area contributed by atoms with Gasteiger partial charge >= 0.3 is 0 Å².